The number of hydrogen-bond donors (Lipinski definition) is 0. The average Bonchev–Trinajstić information content (AvgIpc) is 2.38. The Balaban J connectivity index is 2.40. The predicted octanol–water partition coefficient (Wildman–Crippen LogP) is 4.47. The highest BCUT2D eigenvalue weighted by atomic mass is 79.9. The Labute approximate surface area is 122 Å². The van der Waals surface area contributed by atoms with E-state index in [1.807, 2.05) is 56.0 Å². The monoisotopic (exact) mass is 319 g/mol. The molecule has 2 aromatic carbocycles. The van der Waals surface area contributed by atoms with Crippen LogP contribution >= 0.6 is 15.9 Å². The first kappa shape index (κ1) is 14.1. The minimum atomic E-state index is 0.0994. The topological polar surface area (TPSA) is 20.3 Å². The SMILES string of the molecule is CCN(C(=O)c1ccc2cc(Br)ccc2c1)C(C)C. The van der Waals surface area contributed by atoms with Crippen molar-refractivity contribution in [3.8, 4) is 0 Å². The summed E-state index contributed by atoms with van der Waals surface area (Å²) >= 11 is 3.46. The van der Waals surface area contributed by atoms with Crippen LogP contribution in [0.1, 0.15) is 31.1 Å². The standard InChI is InChI=1S/C16H18BrNO/c1-4-18(11(2)3)16(19)14-6-5-13-10-15(17)8-7-12(13)9-14/h5-11H,4H2,1-3H3. The van der Waals surface area contributed by atoms with Gasteiger partial charge in [0.05, 0.1) is 0 Å². The summed E-state index contributed by atoms with van der Waals surface area (Å²) in [5, 5.41) is 2.23. The number of benzene rings is 2. The van der Waals surface area contributed by atoms with E-state index in [1.54, 1.807) is 0 Å². The zero-order valence-electron chi connectivity index (χ0n) is 11.5. The van der Waals surface area contributed by atoms with Crippen molar-refractivity contribution >= 4 is 32.6 Å². The Kier molecular flexibility index (Phi) is 4.25. The van der Waals surface area contributed by atoms with E-state index in [0.29, 0.717) is 0 Å². The second-order valence-electron chi connectivity index (χ2n) is 4.89. The molecule has 0 aliphatic carbocycles. The van der Waals surface area contributed by atoms with Gasteiger partial charge in [-0.15, -0.1) is 0 Å². The third kappa shape index (κ3) is 2.98. The van der Waals surface area contributed by atoms with E-state index < -0.39 is 0 Å². The molecule has 3 heteroatoms. The summed E-state index contributed by atoms with van der Waals surface area (Å²) in [7, 11) is 0. The molecule has 0 aliphatic rings. The number of hydrogen-bond acceptors (Lipinski definition) is 1. The van der Waals surface area contributed by atoms with Gasteiger partial charge < -0.3 is 4.90 Å². The molecule has 0 bridgehead atoms. The second-order valence-corrected chi connectivity index (χ2v) is 5.81. The Morgan fingerprint density at radius 1 is 1.16 bits per heavy atom. The van der Waals surface area contributed by atoms with Crippen molar-refractivity contribution in [1.29, 1.82) is 0 Å². The van der Waals surface area contributed by atoms with Gasteiger partial charge in [-0.1, -0.05) is 28.1 Å². The number of carbonyl (C=O) groups excluding carboxylic acids is 1. The smallest absolute Gasteiger partial charge is 0.254 e. The molecule has 100 valence electrons. The number of carbonyl (C=O) groups is 1. The van der Waals surface area contributed by atoms with Gasteiger partial charge in [0.15, 0.2) is 0 Å². The molecule has 2 nitrogen and oxygen atoms in total. The number of nitrogens with zero attached hydrogens (tertiary/aromatic N) is 1. The van der Waals surface area contributed by atoms with Crippen LogP contribution in [0.5, 0.6) is 0 Å². The molecule has 0 fully saturated rings. The molecule has 1 amide bonds. The van der Waals surface area contributed by atoms with Gasteiger partial charge in [-0.3, -0.25) is 4.79 Å². The highest BCUT2D eigenvalue weighted by Gasteiger charge is 2.16. The van der Waals surface area contributed by atoms with Crippen LogP contribution in [-0.2, 0) is 0 Å². The van der Waals surface area contributed by atoms with Crippen LogP contribution < -0.4 is 0 Å². The van der Waals surface area contributed by atoms with E-state index >= 15 is 0 Å². The van der Waals surface area contributed by atoms with Crippen LogP contribution in [0, 0.1) is 0 Å². The van der Waals surface area contributed by atoms with E-state index in [1.165, 1.54) is 0 Å². The molecule has 0 aliphatic heterocycles. The van der Waals surface area contributed by atoms with Crippen LogP contribution in [0.4, 0.5) is 0 Å². The van der Waals surface area contributed by atoms with Crippen molar-refractivity contribution in [3.63, 3.8) is 0 Å². The Morgan fingerprint density at radius 3 is 2.42 bits per heavy atom. The summed E-state index contributed by atoms with van der Waals surface area (Å²) < 4.78 is 1.05. The molecule has 2 aromatic rings. The molecule has 0 saturated heterocycles. The lowest BCUT2D eigenvalue weighted by Crippen LogP contribution is -2.36. The van der Waals surface area contributed by atoms with Gasteiger partial charge in [0.1, 0.15) is 0 Å². The van der Waals surface area contributed by atoms with Gasteiger partial charge in [0.25, 0.3) is 5.91 Å². The second kappa shape index (κ2) is 5.74. The van der Waals surface area contributed by atoms with Crippen molar-refractivity contribution in [1.82, 2.24) is 4.90 Å². The van der Waals surface area contributed by atoms with Crippen LogP contribution in [0.15, 0.2) is 40.9 Å². The molecule has 0 heterocycles. The maximum absolute atomic E-state index is 12.4. The Hall–Kier alpha value is -1.35. The van der Waals surface area contributed by atoms with E-state index in [9.17, 15) is 4.79 Å². The Morgan fingerprint density at radius 2 is 1.79 bits per heavy atom. The molecule has 0 saturated carbocycles. The highest BCUT2D eigenvalue weighted by molar-refractivity contribution is 9.10. The van der Waals surface area contributed by atoms with Crippen LogP contribution in [0.3, 0.4) is 0 Å². The molecule has 0 spiro atoms. The molecule has 2 rings (SSSR count). The first-order valence-corrected chi connectivity index (χ1v) is 7.32. The zero-order chi connectivity index (χ0) is 14.0. The lowest BCUT2D eigenvalue weighted by molar-refractivity contribution is 0.0717. The van der Waals surface area contributed by atoms with Crippen molar-refractivity contribution < 1.29 is 4.79 Å². The van der Waals surface area contributed by atoms with Crippen molar-refractivity contribution in [3.05, 3.63) is 46.4 Å². The van der Waals surface area contributed by atoms with E-state index in [0.717, 1.165) is 27.4 Å². The maximum atomic E-state index is 12.4. The molecule has 0 unspecified atom stereocenters. The zero-order valence-corrected chi connectivity index (χ0v) is 13.1. The predicted molar refractivity (Wildman–Crippen MR) is 83.5 cm³/mol. The third-order valence-corrected chi connectivity index (χ3v) is 3.77. The lowest BCUT2D eigenvalue weighted by Gasteiger charge is -2.25. The first-order valence-electron chi connectivity index (χ1n) is 6.53. The molecule has 0 radical (unpaired) electrons. The van der Waals surface area contributed by atoms with Crippen molar-refractivity contribution in [2.75, 3.05) is 6.54 Å². The van der Waals surface area contributed by atoms with Crippen LogP contribution in [0.25, 0.3) is 10.8 Å². The van der Waals surface area contributed by atoms with Gasteiger partial charge in [0, 0.05) is 22.6 Å². The van der Waals surface area contributed by atoms with Gasteiger partial charge in [-0.05, 0) is 55.8 Å². The summed E-state index contributed by atoms with van der Waals surface area (Å²) in [6.07, 6.45) is 0. The van der Waals surface area contributed by atoms with Gasteiger partial charge >= 0.3 is 0 Å². The fourth-order valence-electron chi connectivity index (χ4n) is 2.26. The minimum absolute atomic E-state index is 0.0994. The number of fused-ring (bicyclic) bond motifs is 1. The molecular weight excluding hydrogens is 302 g/mol. The Bertz CT molecular complexity index is 607. The van der Waals surface area contributed by atoms with Gasteiger partial charge in [-0.25, -0.2) is 0 Å². The maximum Gasteiger partial charge on any atom is 0.254 e. The normalized spacial score (nSPS) is 11.0. The van der Waals surface area contributed by atoms with E-state index in [4.69, 9.17) is 0 Å². The van der Waals surface area contributed by atoms with Gasteiger partial charge in [-0.2, -0.15) is 0 Å². The summed E-state index contributed by atoms with van der Waals surface area (Å²) in [6.45, 7) is 6.82. The summed E-state index contributed by atoms with van der Waals surface area (Å²) in [5.41, 5.74) is 0.755. The third-order valence-electron chi connectivity index (χ3n) is 3.27. The fourth-order valence-corrected chi connectivity index (χ4v) is 2.64. The molecule has 0 N–H and O–H groups in total. The lowest BCUT2D eigenvalue weighted by atomic mass is 10.1. The quantitative estimate of drug-likeness (QED) is 0.817. The number of halogens is 1. The van der Waals surface area contributed by atoms with Crippen molar-refractivity contribution in [2.24, 2.45) is 0 Å². The van der Waals surface area contributed by atoms with Crippen LogP contribution in [0.2, 0.25) is 0 Å². The first-order chi connectivity index (χ1) is 9.02. The van der Waals surface area contributed by atoms with Gasteiger partial charge in [0.2, 0.25) is 0 Å². The van der Waals surface area contributed by atoms with Crippen LogP contribution in [-0.4, -0.2) is 23.4 Å². The summed E-state index contributed by atoms with van der Waals surface area (Å²) in [5.74, 6) is 0.0994. The molecule has 19 heavy (non-hydrogen) atoms. The highest BCUT2D eigenvalue weighted by Crippen LogP contribution is 2.22. The fraction of sp³-hybridized carbons (Fsp3) is 0.312. The average molecular weight is 320 g/mol. The summed E-state index contributed by atoms with van der Waals surface area (Å²) in [4.78, 5) is 14.3. The molecular formula is C16H18BrNO. The minimum Gasteiger partial charge on any atom is -0.337 e. The van der Waals surface area contributed by atoms with E-state index in [2.05, 4.69) is 22.0 Å². The number of amides is 1. The number of rotatable bonds is 3. The van der Waals surface area contributed by atoms with Crippen molar-refractivity contribution in [2.45, 2.75) is 26.8 Å². The largest absolute Gasteiger partial charge is 0.337 e. The summed E-state index contributed by atoms with van der Waals surface area (Å²) in [6, 6.07) is 12.2. The molecule has 0 aromatic heterocycles. The van der Waals surface area contributed by atoms with E-state index in [-0.39, 0.29) is 11.9 Å². The molecule has 0 atom stereocenters.